The fourth-order valence-electron chi connectivity index (χ4n) is 3.56. The summed E-state index contributed by atoms with van der Waals surface area (Å²) in [5, 5.41) is 0.833. The number of fused-ring (bicyclic) bond motifs is 1. The van der Waals surface area contributed by atoms with Crippen molar-refractivity contribution in [1.29, 1.82) is 0 Å². The first-order valence-corrected chi connectivity index (χ1v) is 9.45. The van der Waals surface area contributed by atoms with E-state index in [1.165, 1.54) is 0 Å². The van der Waals surface area contributed by atoms with Crippen molar-refractivity contribution in [2.45, 2.75) is 45.3 Å². The molecule has 7 nitrogen and oxygen atoms in total. The van der Waals surface area contributed by atoms with Gasteiger partial charge in [0.15, 0.2) is 11.5 Å². The van der Waals surface area contributed by atoms with Crippen LogP contribution in [0.25, 0.3) is 10.9 Å². The molecule has 1 atom stereocenters. The maximum absolute atomic E-state index is 12.8. The predicted octanol–water partition coefficient (Wildman–Crippen LogP) is 2.50. The van der Waals surface area contributed by atoms with Gasteiger partial charge in [-0.15, -0.1) is 0 Å². The molecule has 1 unspecified atom stereocenters. The zero-order valence-electron chi connectivity index (χ0n) is 17.1. The minimum Gasteiger partial charge on any atom is -0.493 e. The number of amides is 1. The second-order valence-electron chi connectivity index (χ2n) is 7.86. The summed E-state index contributed by atoms with van der Waals surface area (Å²) in [6.07, 6.45) is 0.668. The van der Waals surface area contributed by atoms with E-state index < -0.39 is 0 Å². The number of hydrogen-bond acceptors (Lipinski definition) is 5. The third-order valence-corrected chi connectivity index (χ3v) is 5.23. The summed E-state index contributed by atoms with van der Waals surface area (Å²) >= 11 is 0. The molecule has 1 aromatic heterocycles. The van der Waals surface area contributed by atoms with Gasteiger partial charge in [0.25, 0.3) is 5.56 Å². The Bertz CT molecular complexity index is 934. The predicted molar refractivity (Wildman–Crippen MR) is 107 cm³/mol. The lowest BCUT2D eigenvalue weighted by atomic mass is 9.99. The number of carbonyl (C=O) groups is 1. The van der Waals surface area contributed by atoms with Crippen LogP contribution in [-0.2, 0) is 16.0 Å². The number of aromatic amines is 1. The lowest BCUT2D eigenvalue weighted by Crippen LogP contribution is -2.57. The fraction of sp³-hybridized carbons (Fsp3) is 0.524. The number of H-pyrrole nitrogens is 1. The third kappa shape index (κ3) is 3.99. The smallest absolute Gasteiger partial charge is 0.251 e. The van der Waals surface area contributed by atoms with Gasteiger partial charge in [-0.1, -0.05) is 0 Å². The summed E-state index contributed by atoms with van der Waals surface area (Å²) < 4.78 is 16.3. The van der Waals surface area contributed by atoms with Crippen LogP contribution < -0.4 is 15.0 Å². The minimum absolute atomic E-state index is 0.0171. The number of aryl methyl sites for hydroxylation is 1. The van der Waals surface area contributed by atoms with Crippen molar-refractivity contribution >= 4 is 16.8 Å². The average molecular weight is 388 g/mol. The van der Waals surface area contributed by atoms with Crippen LogP contribution in [0.2, 0.25) is 0 Å². The molecule has 3 rings (SSSR count). The van der Waals surface area contributed by atoms with Crippen molar-refractivity contribution in [2.75, 3.05) is 27.4 Å². The number of rotatable bonds is 5. The number of nitrogens with one attached hydrogen (secondary N) is 1. The van der Waals surface area contributed by atoms with Gasteiger partial charge in [0.1, 0.15) is 0 Å². The standard InChI is InChI=1S/C21H28N2O5/c1-13-11-23(21(2,3)12-28-13)19(24)7-6-14-8-15-9-17(26-4)18(27-5)10-16(15)22-20(14)25/h8-10,13H,6-7,11-12H2,1-5H3,(H,22,25). The Hall–Kier alpha value is -2.54. The van der Waals surface area contributed by atoms with E-state index in [-0.39, 0.29) is 29.5 Å². The number of pyridine rings is 1. The summed E-state index contributed by atoms with van der Waals surface area (Å²) in [4.78, 5) is 30.0. The third-order valence-electron chi connectivity index (χ3n) is 5.23. The number of carbonyl (C=O) groups excluding carboxylic acids is 1. The molecule has 1 amide bonds. The molecule has 0 bridgehead atoms. The molecular weight excluding hydrogens is 360 g/mol. The quantitative estimate of drug-likeness (QED) is 0.851. The van der Waals surface area contributed by atoms with Crippen LogP contribution in [-0.4, -0.2) is 54.8 Å². The molecule has 152 valence electrons. The monoisotopic (exact) mass is 388 g/mol. The molecule has 1 aliphatic heterocycles. The number of morpholine rings is 1. The van der Waals surface area contributed by atoms with Crippen molar-refractivity contribution in [3.63, 3.8) is 0 Å². The van der Waals surface area contributed by atoms with Crippen molar-refractivity contribution < 1.29 is 19.0 Å². The van der Waals surface area contributed by atoms with Gasteiger partial charge in [0, 0.05) is 30.0 Å². The van der Waals surface area contributed by atoms with Gasteiger partial charge >= 0.3 is 0 Å². The SMILES string of the molecule is COc1cc2cc(CCC(=O)N3CC(C)OCC3(C)C)c(=O)[nH]c2cc1OC. The second kappa shape index (κ2) is 7.83. The molecule has 0 saturated carbocycles. The summed E-state index contributed by atoms with van der Waals surface area (Å²) in [6, 6.07) is 5.38. The van der Waals surface area contributed by atoms with E-state index in [1.807, 2.05) is 37.8 Å². The lowest BCUT2D eigenvalue weighted by molar-refractivity contribution is -0.152. The van der Waals surface area contributed by atoms with E-state index in [2.05, 4.69) is 4.98 Å². The zero-order valence-corrected chi connectivity index (χ0v) is 17.1. The van der Waals surface area contributed by atoms with Crippen molar-refractivity contribution in [1.82, 2.24) is 9.88 Å². The Labute approximate surface area is 164 Å². The van der Waals surface area contributed by atoms with Crippen LogP contribution >= 0.6 is 0 Å². The maximum atomic E-state index is 12.8. The van der Waals surface area contributed by atoms with Crippen molar-refractivity contribution in [2.24, 2.45) is 0 Å². The first kappa shape index (κ1) is 20.2. The Balaban J connectivity index is 1.81. The van der Waals surface area contributed by atoms with Crippen LogP contribution in [0.15, 0.2) is 23.0 Å². The first-order valence-electron chi connectivity index (χ1n) is 9.45. The highest BCUT2D eigenvalue weighted by molar-refractivity contribution is 5.83. The summed E-state index contributed by atoms with van der Waals surface area (Å²) in [5.74, 6) is 1.18. The number of nitrogens with zero attached hydrogens (tertiary/aromatic N) is 1. The van der Waals surface area contributed by atoms with E-state index >= 15 is 0 Å². The Morgan fingerprint density at radius 2 is 1.93 bits per heavy atom. The number of aromatic nitrogens is 1. The Morgan fingerprint density at radius 3 is 2.61 bits per heavy atom. The van der Waals surface area contributed by atoms with E-state index in [9.17, 15) is 9.59 Å². The minimum atomic E-state index is -0.344. The highest BCUT2D eigenvalue weighted by Gasteiger charge is 2.36. The van der Waals surface area contributed by atoms with Crippen LogP contribution in [0.4, 0.5) is 0 Å². The number of methoxy groups -OCH3 is 2. The summed E-state index contributed by atoms with van der Waals surface area (Å²) in [6.45, 7) is 7.04. The van der Waals surface area contributed by atoms with Gasteiger partial charge in [0.2, 0.25) is 5.91 Å². The van der Waals surface area contributed by atoms with Gasteiger partial charge in [-0.3, -0.25) is 9.59 Å². The molecule has 7 heteroatoms. The first-order chi connectivity index (χ1) is 13.2. The molecule has 0 aliphatic carbocycles. The van der Waals surface area contributed by atoms with E-state index in [4.69, 9.17) is 14.2 Å². The molecule has 2 heterocycles. The molecule has 1 N–H and O–H groups in total. The molecule has 0 spiro atoms. The fourth-order valence-corrected chi connectivity index (χ4v) is 3.56. The molecule has 28 heavy (non-hydrogen) atoms. The van der Waals surface area contributed by atoms with Crippen molar-refractivity contribution in [3.8, 4) is 11.5 Å². The topological polar surface area (TPSA) is 80.9 Å². The second-order valence-corrected chi connectivity index (χ2v) is 7.86. The lowest BCUT2D eigenvalue weighted by Gasteiger charge is -2.44. The molecule has 1 fully saturated rings. The molecule has 1 saturated heterocycles. The molecule has 2 aromatic rings. The van der Waals surface area contributed by atoms with Gasteiger partial charge in [-0.05, 0) is 39.3 Å². The largest absolute Gasteiger partial charge is 0.493 e. The van der Waals surface area contributed by atoms with E-state index in [0.717, 1.165) is 5.39 Å². The van der Waals surface area contributed by atoms with Gasteiger partial charge in [-0.25, -0.2) is 0 Å². The van der Waals surface area contributed by atoms with Crippen LogP contribution in [0.5, 0.6) is 11.5 Å². The zero-order chi connectivity index (χ0) is 20.5. The molecule has 0 radical (unpaired) electrons. The Morgan fingerprint density at radius 1 is 1.25 bits per heavy atom. The summed E-state index contributed by atoms with van der Waals surface area (Å²) in [5.41, 5.74) is 0.707. The highest BCUT2D eigenvalue weighted by Crippen LogP contribution is 2.31. The van der Waals surface area contributed by atoms with Crippen LogP contribution in [0.1, 0.15) is 32.8 Å². The maximum Gasteiger partial charge on any atom is 0.251 e. The average Bonchev–Trinajstić information content (AvgIpc) is 2.66. The summed E-state index contributed by atoms with van der Waals surface area (Å²) in [7, 11) is 3.12. The molecule has 1 aromatic carbocycles. The molecular formula is C21H28N2O5. The van der Waals surface area contributed by atoms with Gasteiger partial charge < -0.3 is 24.1 Å². The Kier molecular flexibility index (Phi) is 5.65. The molecule has 1 aliphatic rings. The number of benzene rings is 1. The van der Waals surface area contributed by atoms with E-state index in [0.29, 0.717) is 42.2 Å². The normalized spacial score (nSPS) is 18.9. The van der Waals surface area contributed by atoms with Gasteiger partial charge in [-0.2, -0.15) is 0 Å². The highest BCUT2D eigenvalue weighted by atomic mass is 16.5. The van der Waals surface area contributed by atoms with Crippen molar-refractivity contribution in [3.05, 3.63) is 34.1 Å². The number of ether oxygens (including phenoxy) is 3. The number of hydrogen-bond donors (Lipinski definition) is 1. The van der Waals surface area contributed by atoms with Crippen LogP contribution in [0, 0.1) is 0 Å². The van der Waals surface area contributed by atoms with Crippen LogP contribution in [0.3, 0.4) is 0 Å². The van der Waals surface area contributed by atoms with Gasteiger partial charge in [0.05, 0.1) is 38.0 Å². The van der Waals surface area contributed by atoms with E-state index in [1.54, 1.807) is 20.3 Å².